The van der Waals surface area contributed by atoms with Crippen LogP contribution in [0, 0.1) is 13.8 Å². The summed E-state index contributed by atoms with van der Waals surface area (Å²) < 4.78 is 0. The van der Waals surface area contributed by atoms with E-state index in [4.69, 9.17) is 0 Å². The number of benzene rings is 2. The van der Waals surface area contributed by atoms with Crippen LogP contribution in [0.3, 0.4) is 0 Å². The second kappa shape index (κ2) is 16.3. The van der Waals surface area contributed by atoms with Crippen molar-refractivity contribution >= 4 is 27.0 Å². The van der Waals surface area contributed by atoms with E-state index in [1.807, 2.05) is 0 Å². The number of aryl methyl sites for hydroxylation is 6. The van der Waals surface area contributed by atoms with Gasteiger partial charge in [0.2, 0.25) is 0 Å². The number of rotatable bonds is 4. The molecular weight excluding hydrogens is 662 g/mol. The third kappa shape index (κ3) is 8.42. The quantitative estimate of drug-likeness (QED) is 0.226. The van der Waals surface area contributed by atoms with E-state index in [9.17, 15) is 0 Å². The fourth-order valence-electron chi connectivity index (χ4n) is 5.16. The molecule has 0 saturated carbocycles. The second-order valence-electron chi connectivity index (χ2n) is 9.71. The van der Waals surface area contributed by atoms with Crippen molar-refractivity contribution in [3.05, 3.63) is 81.9 Å². The van der Waals surface area contributed by atoms with Crippen LogP contribution in [0.2, 0.25) is 12.1 Å². The minimum absolute atomic E-state index is 0. The monoisotopic (exact) mass is 704 g/mol. The zero-order chi connectivity index (χ0) is 24.7. The molecule has 1 aliphatic rings. The zero-order valence-electron chi connectivity index (χ0n) is 23.0. The van der Waals surface area contributed by atoms with Crippen LogP contribution in [0.15, 0.2) is 48.5 Å². The third-order valence-corrected chi connectivity index (χ3v) is 14.5. The molecule has 0 atom stereocenters. The Hall–Kier alpha value is -0.673. The van der Waals surface area contributed by atoms with E-state index < -0.39 is 0 Å². The van der Waals surface area contributed by atoms with E-state index in [0.717, 1.165) is 25.7 Å². The Labute approximate surface area is 247 Å². The van der Waals surface area contributed by atoms with Crippen LogP contribution in [0.25, 0.3) is 21.5 Å². The van der Waals surface area contributed by atoms with Gasteiger partial charge in [-0.25, -0.2) is 0 Å². The predicted octanol–water partition coefficient (Wildman–Crippen LogP) is 3.31. The standard InChI is InChI=1S/2C14H17.C4H8Si.2ClH.Hf/c2*1-4-11-6-7-12(5-2)14-9-10(3)8-13(11)14;1-2-4-5-3-1;;;/h2*6-9H,4-5H2,1-3H3;1-4H2;2*1H;/q2*-1;;;;+2/p-2. The maximum absolute atomic E-state index is 2.31. The number of fused-ring (bicyclic) bond motifs is 2. The van der Waals surface area contributed by atoms with Crippen molar-refractivity contribution in [3.8, 4) is 0 Å². The van der Waals surface area contributed by atoms with E-state index in [1.54, 1.807) is 47.9 Å². The Morgan fingerprint density at radius 3 is 1.25 bits per heavy atom. The van der Waals surface area contributed by atoms with Crippen molar-refractivity contribution in [1.29, 1.82) is 0 Å². The molecule has 0 aromatic heterocycles. The maximum atomic E-state index is 2.31. The van der Waals surface area contributed by atoms with E-state index in [1.165, 1.54) is 54.9 Å². The predicted molar refractivity (Wildman–Crippen MR) is 151 cm³/mol. The molecule has 0 nitrogen and oxygen atoms in total. The van der Waals surface area contributed by atoms with Crippen molar-refractivity contribution in [2.75, 3.05) is 0 Å². The first-order chi connectivity index (χ1) is 16.4. The molecule has 0 aliphatic carbocycles. The molecule has 0 spiro atoms. The molecule has 1 saturated heterocycles. The van der Waals surface area contributed by atoms with Crippen molar-refractivity contribution in [2.24, 2.45) is 0 Å². The van der Waals surface area contributed by atoms with Gasteiger partial charge in [-0.2, -0.15) is 12.1 Å². The zero-order valence-corrected chi connectivity index (χ0v) is 29.1. The van der Waals surface area contributed by atoms with Crippen LogP contribution in [0.1, 0.15) is 73.9 Å². The van der Waals surface area contributed by atoms with Crippen LogP contribution in [-0.4, -0.2) is 5.49 Å². The Kier molecular flexibility index (Phi) is 15.1. The van der Waals surface area contributed by atoms with Gasteiger partial charge in [0.15, 0.2) is 0 Å². The average molecular weight is 704 g/mol. The fourth-order valence-corrected chi connectivity index (χ4v) is 10.6. The molecule has 1 fully saturated rings. The number of hydrogen-bond donors (Lipinski definition) is 0. The molecule has 194 valence electrons. The van der Waals surface area contributed by atoms with Gasteiger partial charge in [-0.1, -0.05) is 77.6 Å². The Bertz CT molecular complexity index is 1070. The van der Waals surface area contributed by atoms with E-state index in [0.29, 0.717) is 5.49 Å². The second-order valence-corrected chi connectivity index (χ2v) is 19.5. The molecule has 0 radical (unpaired) electrons. The van der Waals surface area contributed by atoms with Gasteiger partial charge in [0.1, 0.15) is 0 Å². The van der Waals surface area contributed by atoms with Gasteiger partial charge >= 0.3 is 53.4 Å². The summed E-state index contributed by atoms with van der Waals surface area (Å²) in [5.41, 5.74) is 9.06. The first-order valence-electron chi connectivity index (χ1n) is 13.3. The number of halogens is 2. The van der Waals surface area contributed by atoms with E-state index in [-0.39, 0.29) is 24.8 Å². The van der Waals surface area contributed by atoms with Crippen LogP contribution >= 0.6 is 0 Å². The summed E-state index contributed by atoms with van der Waals surface area (Å²) >= 11 is 1.55. The molecule has 0 unspecified atom stereocenters. The Morgan fingerprint density at radius 1 is 0.639 bits per heavy atom. The molecule has 1 heterocycles. The molecule has 0 amide bonds. The van der Waals surface area contributed by atoms with E-state index in [2.05, 4.69) is 90.1 Å². The minimum atomic E-state index is 0. The van der Waals surface area contributed by atoms with Gasteiger partial charge in [0.25, 0.3) is 0 Å². The topological polar surface area (TPSA) is 0 Å². The van der Waals surface area contributed by atoms with Gasteiger partial charge in [-0.15, -0.1) is 68.1 Å². The summed E-state index contributed by atoms with van der Waals surface area (Å²) in [4.78, 5) is 0. The Morgan fingerprint density at radius 2 is 0.972 bits per heavy atom. The summed E-state index contributed by atoms with van der Waals surface area (Å²) in [6.45, 7) is 13.3. The van der Waals surface area contributed by atoms with Crippen LogP contribution in [-0.2, 0) is 48.7 Å². The summed E-state index contributed by atoms with van der Waals surface area (Å²) in [7, 11) is 0. The van der Waals surface area contributed by atoms with Crippen molar-refractivity contribution in [2.45, 2.75) is 92.2 Å². The van der Waals surface area contributed by atoms with Gasteiger partial charge < -0.3 is 24.8 Å². The van der Waals surface area contributed by atoms with E-state index >= 15 is 0 Å². The average Bonchev–Trinajstić information content (AvgIpc) is 3.57. The molecule has 0 N–H and O–H groups in total. The normalized spacial score (nSPS) is 12.4. The van der Waals surface area contributed by atoms with Crippen molar-refractivity contribution in [1.82, 2.24) is 0 Å². The molecule has 0 bridgehead atoms. The molecule has 4 heteroatoms. The molecule has 36 heavy (non-hydrogen) atoms. The van der Waals surface area contributed by atoms with Crippen molar-refractivity contribution in [3.63, 3.8) is 0 Å². The van der Waals surface area contributed by atoms with Gasteiger partial charge in [0, 0.05) is 0 Å². The first-order valence-corrected chi connectivity index (χ1v) is 20.6. The van der Waals surface area contributed by atoms with Crippen LogP contribution in [0.5, 0.6) is 0 Å². The van der Waals surface area contributed by atoms with Gasteiger partial charge in [0.05, 0.1) is 0 Å². The number of hydrogen-bond acceptors (Lipinski definition) is 0. The van der Waals surface area contributed by atoms with Crippen LogP contribution < -0.4 is 24.8 Å². The third-order valence-electron chi connectivity index (χ3n) is 7.15. The van der Waals surface area contributed by atoms with Gasteiger partial charge in [-0.3, -0.25) is 0 Å². The summed E-state index contributed by atoms with van der Waals surface area (Å²) in [5.74, 6) is 0. The summed E-state index contributed by atoms with van der Waals surface area (Å²) in [6, 6.07) is 21.7. The molecule has 1 aliphatic heterocycles. The SMILES string of the molecule is CCc1ccc(CC)c2[cH-]c(C)cc12.CCc1ccc(CC)c2[cH-]c(C)cc12.[Cl-].[Cl-].[Hf+2]=[Si]1CCCC1. The molecular formula is C32H42Cl2HfSi-2. The van der Waals surface area contributed by atoms with Crippen LogP contribution in [0.4, 0.5) is 0 Å². The Balaban J connectivity index is 0.000000281. The van der Waals surface area contributed by atoms with Gasteiger partial charge in [-0.05, 0) is 12.8 Å². The molecule has 4 aromatic carbocycles. The molecule has 4 aromatic rings. The fraction of sp³-hybridized carbons (Fsp3) is 0.438. The summed E-state index contributed by atoms with van der Waals surface area (Å²) in [6.07, 6.45) is 7.65. The molecule has 5 rings (SSSR count). The summed E-state index contributed by atoms with van der Waals surface area (Å²) in [5, 5.41) is 5.85. The van der Waals surface area contributed by atoms with Crippen molar-refractivity contribution < 1.29 is 47.8 Å². The first kappa shape index (κ1) is 33.4.